The summed E-state index contributed by atoms with van der Waals surface area (Å²) >= 11 is 0. The molecule has 0 aliphatic heterocycles. The molecule has 5 nitrogen and oxygen atoms in total. The van der Waals surface area contributed by atoms with E-state index in [0.29, 0.717) is 17.8 Å². The zero-order valence-electron chi connectivity index (χ0n) is 18.3. The number of carbonyl (C=O) groups excluding carboxylic acids is 2. The van der Waals surface area contributed by atoms with Gasteiger partial charge in [0, 0.05) is 11.8 Å². The van der Waals surface area contributed by atoms with Crippen molar-refractivity contribution >= 4 is 29.3 Å². The highest BCUT2D eigenvalue weighted by atomic mass is 16.2. The molecule has 3 aromatic carbocycles. The van der Waals surface area contributed by atoms with E-state index in [1.165, 1.54) is 6.08 Å². The second-order valence-electron chi connectivity index (χ2n) is 7.36. The van der Waals surface area contributed by atoms with E-state index in [9.17, 15) is 9.59 Å². The molecule has 3 rings (SSSR count). The van der Waals surface area contributed by atoms with Crippen LogP contribution in [0.15, 0.2) is 96.1 Å². The first-order valence-electron chi connectivity index (χ1n) is 10.6. The van der Waals surface area contributed by atoms with E-state index >= 15 is 0 Å². The number of carbonyl (C=O) groups is 2. The van der Waals surface area contributed by atoms with Crippen molar-refractivity contribution in [2.45, 2.75) is 26.2 Å². The van der Waals surface area contributed by atoms with E-state index in [-0.39, 0.29) is 17.7 Å². The molecule has 0 aliphatic carbocycles. The summed E-state index contributed by atoms with van der Waals surface area (Å²) < 4.78 is 0. The summed E-state index contributed by atoms with van der Waals surface area (Å²) in [7, 11) is 0. The van der Waals surface area contributed by atoms with Crippen LogP contribution in [-0.2, 0) is 9.59 Å². The molecule has 0 fully saturated rings. The van der Waals surface area contributed by atoms with Gasteiger partial charge < -0.3 is 5.32 Å². The van der Waals surface area contributed by atoms with E-state index in [0.717, 1.165) is 16.7 Å². The van der Waals surface area contributed by atoms with Crippen LogP contribution in [-0.4, -0.2) is 17.5 Å². The molecule has 0 unspecified atom stereocenters. The summed E-state index contributed by atoms with van der Waals surface area (Å²) in [4.78, 5) is 24.9. The quantitative estimate of drug-likeness (QED) is 0.289. The Morgan fingerprint density at radius 1 is 0.938 bits per heavy atom. The Labute approximate surface area is 188 Å². The summed E-state index contributed by atoms with van der Waals surface area (Å²) in [5.74, 6) is -0.620. The third kappa shape index (κ3) is 6.51. The lowest BCUT2D eigenvalue weighted by Gasteiger charge is -2.13. The van der Waals surface area contributed by atoms with Gasteiger partial charge in [0.2, 0.25) is 11.8 Å². The Hall–Kier alpha value is -3.99. The lowest BCUT2D eigenvalue weighted by Crippen LogP contribution is -2.26. The maximum absolute atomic E-state index is 12.6. The van der Waals surface area contributed by atoms with Crippen molar-refractivity contribution in [3.63, 3.8) is 0 Å². The zero-order valence-corrected chi connectivity index (χ0v) is 18.3. The van der Waals surface area contributed by atoms with Crippen molar-refractivity contribution < 1.29 is 9.59 Å². The summed E-state index contributed by atoms with van der Waals surface area (Å²) in [6, 6.07) is 26.7. The molecule has 0 spiro atoms. The van der Waals surface area contributed by atoms with E-state index < -0.39 is 0 Å². The van der Waals surface area contributed by atoms with Gasteiger partial charge in [0.05, 0.1) is 11.6 Å². The van der Waals surface area contributed by atoms with Crippen LogP contribution in [0.5, 0.6) is 0 Å². The molecule has 0 aromatic heterocycles. The van der Waals surface area contributed by atoms with Gasteiger partial charge in [0.25, 0.3) is 0 Å². The minimum Gasteiger partial charge on any atom is -0.322 e. The summed E-state index contributed by atoms with van der Waals surface area (Å²) in [6.07, 6.45) is 3.94. The highest BCUT2D eigenvalue weighted by Crippen LogP contribution is 2.19. The monoisotopic (exact) mass is 425 g/mol. The van der Waals surface area contributed by atoms with Gasteiger partial charge in [-0.25, -0.2) is 5.43 Å². The maximum Gasteiger partial charge on any atom is 0.248 e. The molecule has 0 saturated carbocycles. The molecule has 2 N–H and O–H groups in total. The summed E-state index contributed by atoms with van der Waals surface area (Å²) in [5, 5.41) is 7.13. The molecule has 0 radical (unpaired) electrons. The Balaban J connectivity index is 1.63. The molecule has 3 aromatic rings. The van der Waals surface area contributed by atoms with E-state index in [2.05, 4.69) is 15.8 Å². The van der Waals surface area contributed by atoms with Gasteiger partial charge in [0.15, 0.2) is 0 Å². The average molecular weight is 426 g/mol. The topological polar surface area (TPSA) is 70.6 Å². The number of hydrogen-bond acceptors (Lipinski definition) is 3. The van der Waals surface area contributed by atoms with E-state index in [1.807, 2.05) is 98.8 Å². The Morgan fingerprint density at radius 3 is 2.31 bits per heavy atom. The number of anilines is 1. The van der Waals surface area contributed by atoms with Crippen LogP contribution in [0.2, 0.25) is 0 Å². The fraction of sp³-hybridized carbons (Fsp3) is 0.148. The van der Waals surface area contributed by atoms with Crippen LogP contribution in [0.4, 0.5) is 5.69 Å². The SMILES string of the molecule is CC[C@@H](C(=O)N/N=C(\C)c1cccc(NC(=O)/C=C/c2ccccc2)c1)c1ccccc1. The van der Waals surface area contributed by atoms with Gasteiger partial charge in [-0.2, -0.15) is 5.10 Å². The maximum atomic E-state index is 12.6. The van der Waals surface area contributed by atoms with Gasteiger partial charge in [-0.15, -0.1) is 0 Å². The van der Waals surface area contributed by atoms with Gasteiger partial charge in [-0.1, -0.05) is 79.7 Å². The van der Waals surface area contributed by atoms with Crippen molar-refractivity contribution in [1.29, 1.82) is 0 Å². The van der Waals surface area contributed by atoms with Crippen LogP contribution < -0.4 is 10.7 Å². The predicted octanol–water partition coefficient (Wildman–Crippen LogP) is 5.37. The number of rotatable bonds is 8. The molecule has 0 saturated heterocycles. The zero-order chi connectivity index (χ0) is 22.8. The number of nitrogens with zero attached hydrogens (tertiary/aromatic N) is 1. The molecule has 1 atom stereocenters. The summed E-state index contributed by atoms with van der Waals surface area (Å²) in [5.41, 5.74) is 6.71. The van der Waals surface area contributed by atoms with E-state index in [4.69, 9.17) is 0 Å². The lowest BCUT2D eigenvalue weighted by atomic mass is 9.96. The van der Waals surface area contributed by atoms with Crippen LogP contribution >= 0.6 is 0 Å². The Kier molecular flexibility index (Phi) is 8.09. The van der Waals surface area contributed by atoms with E-state index in [1.54, 1.807) is 6.08 Å². The fourth-order valence-corrected chi connectivity index (χ4v) is 3.28. The van der Waals surface area contributed by atoms with Crippen molar-refractivity contribution in [3.05, 3.63) is 108 Å². The van der Waals surface area contributed by atoms with Gasteiger partial charge in [-0.3, -0.25) is 9.59 Å². The minimum absolute atomic E-state index is 0.145. The first-order chi connectivity index (χ1) is 15.6. The first kappa shape index (κ1) is 22.7. The number of hydrogen-bond donors (Lipinski definition) is 2. The molecule has 162 valence electrons. The fourth-order valence-electron chi connectivity index (χ4n) is 3.28. The third-order valence-corrected chi connectivity index (χ3v) is 5.04. The van der Waals surface area contributed by atoms with Crippen LogP contribution in [0, 0.1) is 0 Å². The number of benzene rings is 3. The molecule has 0 bridgehead atoms. The average Bonchev–Trinajstić information content (AvgIpc) is 2.83. The molecule has 0 aliphatic rings. The van der Waals surface area contributed by atoms with Gasteiger partial charge in [-0.05, 0) is 48.2 Å². The summed E-state index contributed by atoms with van der Waals surface area (Å²) in [6.45, 7) is 3.80. The molecule has 0 heterocycles. The second-order valence-corrected chi connectivity index (χ2v) is 7.36. The normalized spacial score (nSPS) is 12.4. The molecule has 5 heteroatoms. The Bertz CT molecular complexity index is 1110. The molecular formula is C27H27N3O2. The van der Waals surface area contributed by atoms with Crippen molar-refractivity contribution in [2.75, 3.05) is 5.32 Å². The number of nitrogens with one attached hydrogen (secondary N) is 2. The molecule has 32 heavy (non-hydrogen) atoms. The van der Waals surface area contributed by atoms with Gasteiger partial charge >= 0.3 is 0 Å². The van der Waals surface area contributed by atoms with Crippen LogP contribution in [0.25, 0.3) is 6.08 Å². The second kappa shape index (κ2) is 11.4. The molecular weight excluding hydrogens is 398 g/mol. The molecule has 2 amide bonds. The third-order valence-electron chi connectivity index (χ3n) is 5.04. The largest absolute Gasteiger partial charge is 0.322 e. The highest BCUT2D eigenvalue weighted by molar-refractivity contribution is 6.04. The minimum atomic E-state index is -0.255. The predicted molar refractivity (Wildman–Crippen MR) is 130 cm³/mol. The smallest absolute Gasteiger partial charge is 0.248 e. The van der Waals surface area contributed by atoms with Crippen molar-refractivity contribution in [1.82, 2.24) is 5.43 Å². The highest BCUT2D eigenvalue weighted by Gasteiger charge is 2.18. The number of amides is 2. The van der Waals surface area contributed by atoms with Crippen LogP contribution in [0.3, 0.4) is 0 Å². The first-order valence-corrected chi connectivity index (χ1v) is 10.6. The van der Waals surface area contributed by atoms with Crippen LogP contribution in [0.1, 0.15) is 42.9 Å². The van der Waals surface area contributed by atoms with Crippen molar-refractivity contribution in [3.8, 4) is 0 Å². The lowest BCUT2D eigenvalue weighted by molar-refractivity contribution is -0.122. The number of hydrazone groups is 1. The standard InChI is InChI=1S/C27H27N3O2/c1-3-25(22-13-8-5-9-14-22)27(32)30-29-20(2)23-15-10-16-24(19-23)28-26(31)18-17-21-11-6-4-7-12-21/h4-19,25H,3H2,1-2H3,(H,28,31)(H,30,32)/b18-17+,29-20+/t25-/m1/s1. The van der Waals surface area contributed by atoms with Gasteiger partial charge in [0.1, 0.15) is 0 Å². The van der Waals surface area contributed by atoms with Crippen molar-refractivity contribution in [2.24, 2.45) is 5.10 Å². The Morgan fingerprint density at radius 2 is 1.62 bits per heavy atom.